The molecule has 2 heterocycles. The molecule has 174 valence electrons. The highest BCUT2D eigenvalue weighted by Crippen LogP contribution is 2.45. The summed E-state index contributed by atoms with van der Waals surface area (Å²) in [5.74, 6) is -1.68. The summed E-state index contributed by atoms with van der Waals surface area (Å²) in [6.45, 7) is 10.5. The van der Waals surface area contributed by atoms with E-state index in [0.29, 0.717) is 12.0 Å². The van der Waals surface area contributed by atoms with Crippen LogP contribution in [0, 0.1) is 28.6 Å². The van der Waals surface area contributed by atoms with E-state index in [1.807, 2.05) is 19.9 Å². The number of cyclic esters (lactones) is 1. The van der Waals surface area contributed by atoms with Crippen LogP contribution in [-0.2, 0) is 19.1 Å². The Morgan fingerprint density at radius 2 is 1.87 bits per heavy atom. The minimum Gasteiger partial charge on any atom is -0.458 e. The lowest BCUT2D eigenvalue weighted by molar-refractivity contribution is -0.154. The number of aliphatic hydroxyl groups is 2. The lowest BCUT2D eigenvalue weighted by Gasteiger charge is -2.34. The molecule has 0 aromatic rings. The van der Waals surface area contributed by atoms with Gasteiger partial charge in [0.1, 0.15) is 11.9 Å². The summed E-state index contributed by atoms with van der Waals surface area (Å²) in [6, 6.07) is 1.97. The first-order valence-corrected chi connectivity index (χ1v) is 11.2. The molecule has 0 aliphatic carbocycles. The molecule has 0 aromatic carbocycles. The van der Waals surface area contributed by atoms with Crippen molar-refractivity contribution in [2.75, 3.05) is 0 Å². The number of ketones is 1. The minimum atomic E-state index is -1.26. The Hall–Kier alpha value is -1.75. The van der Waals surface area contributed by atoms with Crippen LogP contribution in [0.2, 0.25) is 0 Å². The minimum absolute atomic E-state index is 0.0841. The second-order valence-corrected chi connectivity index (χ2v) is 10.1. The molecule has 31 heavy (non-hydrogen) atoms. The van der Waals surface area contributed by atoms with E-state index >= 15 is 0 Å². The van der Waals surface area contributed by atoms with Gasteiger partial charge >= 0.3 is 5.97 Å². The summed E-state index contributed by atoms with van der Waals surface area (Å²) in [6.07, 6.45) is 0.998. The van der Waals surface area contributed by atoms with Gasteiger partial charge in [-0.25, -0.2) is 0 Å². The highest BCUT2D eigenvalue weighted by atomic mass is 16.6. The van der Waals surface area contributed by atoms with Crippen molar-refractivity contribution in [2.24, 2.45) is 17.3 Å². The fourth-order valence-corrected chi connectivity index (χ4v) is 4.49. The van der Waals surface area contributed by atoms with Crippen LogP contribution in [0.4, 0.5) is 0 Å². The normalized spacial score (nSPS) is 40.4. The molecule has 0 unspecified atom stereocenters. The molecule has 2 aliphatic rings. The molecule has 0 bridgehead atoms. The number of aliphatic hydroxyl groups excluding tert-OH is 2. The van der Waals surface area contributed by atoms with Crippen molar-refractivity contribution in [3.8, 4) is 6.07 Å². The first-order valence-electron chi connectivity index (χ1n) is 11.2. The van der Waals surface area contributed by atoms with E-state index in [0.717, 1.165) is 19.3 Å². The van der Waals surface area contributed by atoms with Crippen LogP contribution in [0.3, 0.4) is 0 Å². The Morgan fingerprint density at radius 3 is 2.48 bits per heavy atom. The summed E-state index contributed by atoms with van der Waals surface area (Å²) in [7, 11) is 0. The fourth-order valence-electron chi connectivity index (χ4n) is 4.49. The molecular weight excluding hydrogens is 398 g/mol. The van der Waals surface area contributed by atoms with Crippen LogP contribution >= 0.6 is 0 Å². The van der Waals surface area contributed by atoms with Gasteiger partial charge < -0.3 is 19.7 Å². The Morgan fingerprint density at radius 1 is 1.23 bits per heavy atom. The molecule has 7 heteroatoms. The highest BCUT2D eigenvalue weighted by molar-refractivity contribution is 5.88. The summed E-state index contributed by atoms with van der Waals surface area (Å²) in [5.41, 5.74) is -0.936. The summed E-state index contributed by atoms with van der Waals surface area (Å²) in [5, 5.41) is 30.4. The number of nitriles is 1. The van der Waals surface area contributed by atoms with Crippen molar-refractivity contribution in [3.05, 3.63) is 11.6 Å². The summed E-state index contributed by atoms with van der Waals surface area (Å²) < 4.78 is 11.5. The third-order valence-electron chi connectivity index (χ3n) is 7.21. The molecule has 0 amide bonds. The smallest absolute Gasteiger partial charge is 0.309 e. The van der Waals surface area contributed by atoms with Crippen LogP contribution < -0.4 is 0 Å². The zero-order chi connectivity index (χ0) is 23.6. The molecule has 0 spiro atoms. The predicted octanol–water partition coefficient (Wildman–Crippen LogP) is 3.08. The van der Waals surface area contributed by atoms with E-state index in [-0.39, 0.29) is 29.8 Å². The third-order valence-corrected chi connectivity index (χ3v) is 7.21. The number of Topliss-reactive ketones (excluding diaryl/α,β-unsaturated/α-hetero) is 1. The van der Waals surface area contributed by atoms with E-state index in [1.54, 1.807) is 27.7 Å². The molecule has 2 saturated heterocycles. The van der Waals surface area contributed by atoms with Gasteiger partial charge in [-0.1, -0.05) is 34.1 Å². The zero-order valence-corrected chi connectivity index (χ0v) is 19.6. The molecule has 7 nitrogen and oxygen atoms in total. The predicted molar refractivity (Wildman–Crippen MR) is 115 cm³/mol. The monoisotopic (exact) mass is 435 g/mol. The van der Waals surface area contributed by atoms with Crippen molar-refractivity contribution in [1.82, 2.24) is 0 Å². The standard InChI is InChI=1S/C24H37NO6/c1-14(9-11-25)17-12-19-24(6,31-19)10-7-8-15(2)21(28)16(3)22(29)23(4,5)18(26)13-20(27)30-17/h9,15-19,21,26,28H,7-8,10,12-13H2,1-6H3/t15-,16+,17-,18-,19-,21-,24+/m0/s1. The number of nitrogens with zero attached hydrogens (tertiary/aromatic N) is 1. The topological polar surface area (TPSA) is 120 Å². The second-order valence-electron chi connectivity index (χ2n) is 10.1. The second kappa shape index (κ2) is 9.81. The van der Waals surface area contributed by atoms with Crippen molar-refractivity contribution >= 4 is 11.8 Å². The average molecular weight is 436 g/mol. The largest absolute Gasteiger partial charge is 0.458 e. The molecule has 0 saturated carbocycles. The van der Waals surface area contributed by atoms with Gasteiger partial charge in [-0.05, 0) is 38.2 Å². The van der Waals surface area contributed by atoms with E-state index < -0.39 is 35.6 Å². The highest BCUT2D eigenvalue weighted by Gasteiger charge is 2.53. The van der Waals surface area contributed by atoms with Crippen molar-refractivity contribution in [1.29, 1.82) is 5.26 Å². The molecule has 2 aliphatic heterocycles. The summed E-state index contributed by atoms with van der Waals surface area (Å²) in [4.78, 5) is 25.7. The number of esters is 1. The van der Waals surface area contributed by atoms with Crippen LogP contribution in [0.25, 0.3) is 0 Å². The van der Waals surface area contributed by atoms with Gasteiger partial charge in [0.2, 0.25) is 0 Å². The van der Waals surface area contributed by atoms with Crippen molar-refractivity contribution in [2.45, 2.75) is 104 Å². The van der Waals surface area contributed by atoms with Crippen LogP contribution in [0.15, 0.2) is 11.6 Å². The number of fused-ring (bicyclic) bond motifs is 1. The molecule has 7 atom stereocenters. The molecule has 2 N–H and O–H groups in total. The fraction of sp³-hybridized carbons (Fsp3) is 0.792. The first kappa shape index (κ1) is 25.5. The number of carbonyl (C=O) groups is 2. The molecule has 2 rings (SSSR count). The third kappa shape index (κ3) is 5.94. The number of allylic oxidation sites excluding steroid dienone is 1. The Balaban J connectivity index is 2.29. The van der Waals surface area contributed by atoms with Gasteiger partial charge in [-0.3, -0.25) is 9.59 Å². The number of ether oxygens (including phenoxy) is 2. The van der Waals surface area contributed by atoms with E-state index in [2.05, 4.69) is 0 Å². The van der Waals surface area contributed by atoms with Gasteiger partial charge in [-0.2, -0.15) is 5.26 Å². The molecule has 2 fully saturated rings. The van der Waals surface area contributed by atoms with Crippen molar-refractivity contribution in [3.63, 3.8) is 0 Å². The van der Waals surface area contributed by atoms with Crippen LogP contribution in [-0.4, -0.2) is 52.0 Å². The average Bonchev–Trinajstić information content (AvgIpc) is 3.33. The van der Waals surface area contributed by atoms with E-state index in [9.17, 15) is 19.8 Å². The van der Waals surface area contributed by atoms with Crippen LogP contribution in [0.5, 0.6) is 0 Å². The zero-order valence-electron chi connectivity index (χ0n) is 19.6. The maximum Gasteiger partial charge on any atom is 0.309 e. The molecular formula is C24H37NO6. The summed E-state index contributed by atoms with van der Waals surface area (Å²) >= 11 is 0. The van der Waals surface area contributed by atoms with E-state index in [1.165, 1.54) is 6.08 Å². The van der Waals surface area contributed by atoms with Gasteiger partial charge in [-0.15, -0.1) is 0 Å². The van der Waals surface area contributed by atoms with Crippen molar-refractivity contribution < 1.29 is 29.3 Å². The Kier molecular flexibility index (Phi) is 8.07. The maximum atomic E-state index is 13.1. The van der Waals surface area contributed by atoms with Gasteiger partial charge in [0, 0.05) is 18.4 Å². The maximum absolute atomic E-state index is 13.1. The quantitative estimate of drug-likeness (QED) is 0.369. The van der Waals surface area contributed by atoms with Gasteiger partial charge in [0.25, 0.3) is 0 Å². The lowest BCUT2D eigenvalue weighted by atomic mass is 9.73. The van der Waals surface area contributed by atoms with Gasteiger partial charge in [0.05, 0.1) is 41.8 Å². The van der Waals surface area contributed by atoms with Gasteiger partial charge in [0.15, 0.2) is 0 Å². The number of carbonyl (C=O) groups excluding carboxylic acids is 2. The molecule has 0 radical (unpaired) electrons. The van der Waals surface area contributed by atoms with Crippen LogP contribution in [0.1, 0.15) is 73.6 Å². The lowest BCUT2D eigenvalue weighted by Crippen LogP contribution is -2.45. The Bertz CT molecular complexity index is 754. The number of hydrogen-bond acceptors (Lipinski definition) is 7. The van der Waals surface area contributed by atoms with E-state index in [4.69, 9.17) is 14.7 Å². The number of epoxide rings is 1. The number of rotatable bonds is 1. The Labute approximate surface area is 185 Å². The first-order chi connectivity index (χ1) is 14.3. The SMILES string of the molecule is CC(=CC#N)[C@@H]1C[C@@H]2O[C@]2(C)CCC[C@H](C)[C@H](O)[C@@H](C)C(=O)C(C)(C)[C@@H](O)CC(=O)O1. The molecule has 0 aromatic heterocycles. The number of hydrogen-bond donors (Lipinski definition) is 2.